The summed E-state index contributed by atoms with van der Waals surface area (Å²) in [5.74, 6) is -4.54. The Morgan fingerprint density at radius 2 is 1.98 bits per heavy atom. The molecule has 1 aromatic carbocycles. The molecule has 252 valence electrons. The van der Waals surface area contributed by atoms with Crippen molar-refractivity contribution in [3.8, 4) is 5.75 Å². The van der Waals surface area contributed by atoms with Gasteiger partial charge in [-0.25, -0.2) is 14.6 Å². The number of amides is 2. The van der Waals surface area contributed by atoms with Gasteiger partial charge >= 0.3 is 11.9 Å². The SMILES string of the molecule is Cc1c(N)ccc[n+]1CC1=C(C(=O)O)N2C(=O)[C@@H](NC(=O)/C(=N\OC(C(=O)O)c3ccc(O)c4[nH]c(=O)ccc34)c3csc(N)n3)[C@@H]2SC1. The Balaban J connectivity index is 1.27. The number of carboxylic acid groups (broad SMARTS) is 2. The number of thioether (sulfide) groups is 1. The summed E-state index contributed by atoms with van der Waals surface area (Å²) in [5.41, 5.74) is 12.2. The topological polar surface area (TPSA) is 267 Å². The van der Waals surface area contributed by atoms with Crippen molar-refractivity contribution in [2.45, 2.75) is 31.0 Å². The van der Waals surface area contributed by atoms with Gasteiger partial charge in [-0.15, -0.1) is 23.1 Å². The van der Waals surface area contributed by atoms with Crippen molar-refractivity contribution < 1.29 is 43.9 Å². The van der Waals surface area contributed by atoms with Crippen LogP contribution < -0.4 is 26.9 Å². The number of benzene rings is 1. The molecule has 9 N–H and O–H groups in total. The number of phenols is 1. The van der Waals surface area contributed by atoms with Crippen molar-refractivity contribution in [1.29, 1.82) is 0 Å². The number of aromatic amines is 1. The van der Waals surface area contributed by atoms with Gasteiger partial charge in [0.25, 0.3) is 11.8 Å². The molecule has 0 aliphatic carbocycles. The lowest BCUT2D eigenvalue weighted by atomic mass is 10.0. The Morgan fingerprint density at radius 1 is 1.20 bits per heavy atom. The third kappa shape index (κ3) is 6.11. The van der Waals surface area contributed by atoms with Gasteiger partial charge in [-0.1, -0.05) is 11.2 Å². The standard InChI is InChI=1S/C30H26N8O9S2/c1-12-16(31)3-2-8-37(12)9-13-10-48-27-22(26(42)38(27)23(13)28(43)44)35-25(41)21(17-11-49-30(32)33-17)36-47-24(29(45)46)15-4-6-18(39)20-14(15)5-7-19(40)34-20/h2-8,11,22,24,27H,9-10,31H2,1H3,(H6-,32,33,34,35,36,39,40,41,43,44,45,46)/p+1/t22-,24?,27+/m1/s1. The molecule has 1 saturated heterocycles. The highest BCUT2D eigenvalue weighted by Crippen LogP contribution is 2.40. The fourth-order valence-corrected chi connectivity index (χ4v) is 7.35. The van der Waals surface area contributed by atoms with Crippen LogP contribution in [0.25, 0.3) is 10.9 Å². The smallest absolute Gasteiger partial charge is 0.352 e. The van der Waals surface area contributed by atoms with Crippen LogP contribution in [0.4, 0.5) is 10.8 Å². The highest BCUT2D eigenvalue weighted by molar-refractivity contribution is 8.00. The van der Waals surface area contributed by atoms with E-state index in [1.807, 2.05) is 0 Å². The van der Waals surface area contributed by atoms with Crippen LogP contribution in [0.3, 0.4) is 0 Å². The number of anilines is 2. The van der Waals surface area contributed by atoms with Crippen molar-refractivity contribution in [2.75, 3.05) is 17.2 Å². The van der Waals surface area contributed by atoms with E-state index in [0.29, 0.717) is 11.3 Å². The van der Waals surface area contributed by atoms with Gasteiger partial charge in [-0.2, -0.15) is 4.57 Å². The van der Waals surface area contributed by atoms with Gasteiger partial charge in [-0.05, 0) is 18.2 Å². The quantitative estimate of drug-likeness (QED) is 0.0511. The number of carbonyl (C=O) groups excluding carboxylic acids is 2. The van der Waals surface area contributed by atoms with Crippen LogP contribution in [0.5, 0.6) is 5.75 Å². The molecule has 17 nitrogen and oxygen atoms in total. The molecule has 0 spiro atoms. The molecule has 1 unspecified atom stereocenters. The maximum absolute atomic E-state index is 13.6. The molecule has 1 fully saturated rings. The molecule has 49 heavy (non-hydrogen) atoms. The Bertz CT molecular complexity index is 2180. The summed E-state index contributed by atoms with van der Waals surface area (Å²) in [6.45, 7) is 1.97. The van der Waals surface area contributed by atoms with Crippen LogP contribution in [0, 0.1) is 6.92 Å². The number of oxime groups is 1. The van der Waals surface area contributed by atoms with E-state index in [1.54, 1.807) is 29.8 Å². The molecule has 2 aliphatic rings. The van der Waals surface area contributed by atoms with Crippen LogP contribution in [-0.4, -0.2) is 76.8 Å². The highest BCUT2D eigenvalue weighted by Gasteiger charge is 2.55. The van der Waals surface area contributed by atoms with E-state index >= 15 is 0 Å². The monoisotopic (exact) mass is 707 g/mol. The second kappa shape index (κ2) is 12.9. The molecule has 2 aliphatic heterocycles. The van der Waals surface area contributed by atoms with Crippen LogP contribution in [0.1, 0.15) is 23.1 Å². The third-order valence-electron chi connectivity index (χ3n) is 7.93. The first-order valence-electron chi connectivity index (χ1n) is 14.3. The number of hydrogen-bond acceptors (Lipinski definition) is 13. The fraction of sp³-hybridized carbons (Fsp3) is 0.200. The summed E-state index contributed by atoms with van der Waals surface area (Å²) in [7, 11) is 0. The number of nitrogens with two attached hydrogens (primary N) is 2. The second-order valence-electron chi connectivity index (χ2n) is 10.9. The van der Waals surface area contributed by atoms with Crippen LogP contribution in [0.15, 0.2) is 69.2 Å². The molecule has 0 saturated carbocycles. The minimum absolute atomic E-state index is 0.00314. The van der Waals surface area contributed by atoms with Crippen molar-refractivity contribution in [3.05, 3.63) is 86.6 Å². The number of β-lactam (4-membered cyclic amide) rings is 1. The first-order valence-corrected chi connectivity index (χ1v) is 16.3. The van der Waals surface area contributed by atoms with E-state index in [2.05, 4.69) is 20.4 Å². The first kappa shape index (κ1) is 33.0. The Labute approximate surface area is 283 Å². The summed E-state index contributed by atoms with van der Waals surface area (Å²) < 4.78 is 1.78. The number of pyridine rings is 2. The van der Waals surface area contributed by atoms with Gasteiger partial charge in [0, 0.05) is 46.7 Å². The number of nitrogens with zero attached hydrogens (tertiary/aromatic N) is 4. The van der Waals surface area contributed by atoms with Crippen molar-refractivity contribution >= 4 is 74.3 Å². The maximum atomic E-state index is 13.6. The molecule has 0 radical (unpaired) electrons. The number of aliphatic carboxylic acids is 2. The van der Waals surface area contributed by atoms with Crippen molar-refractivity contribution in [2.24, 2.45) is 5.16 Å². The summed E-state index contributed by atoms with van der Waals surface area (Å²) >= 11 is 2.22. The number of nitrogens with one attached hydrogen (secondary N) is 2. The van der Waals surface area contributed by atoms with Crippen molar-refractivity contribution in [1.82, 2.24) is 20.2 Å². The molecular formula is C30H27N8O9S2+. The normalized spacial score (nSPS) is 18.1. The molecule has 5 heterocycles. The zero-order valence-corrected chi connectivity index (χ0v) is 26.9. The Morgan fingerprint density at radius 3 is 2.67 bits per heavy atom. The molecule has 4 aromatic rings. The number of phenolic OH excluding ortho intramolecular Hbond substituents is 1. The predicted molar refractivity (Wildman–Crippen MR) is 176 cm³/mol. The van der Waals surface area contributed by atoms with Gasteiger partial charge in [0.1, 0.15) is 28.6 Å². The lowest BCUT2D eigenvalue weighted by Gasteiger charge is -2.49. The number of nitrogen functional groups attached to an aromatic ring is 2. The molecule has 19 heteroatoms. The van der Waals surface area contributed by atoms with Gasteiger partial charge in [0.2, 0.25) is 17.4 Å². The molecular weight excluding hydrogens is 681 g/mol. The average Bonchev–Trinajstić information content (AvgIpc) is 3.49. The molecule has 6 rings (SSSR count). The van der Waals surface area contributed by atoms with Crippen molar-refractivity contribution in [3.63, 3.8) is 0 Å². The van der Waals surface area contributed by atoms with E-state index in [9.17, 15) is 39.3 Å². The van der Waals surface area contributed by atoms with Gasteiger partial charge < -0.3 is 41.9 Å². The minimum Gasteiger partial charge on any atom is -0.506 e. The largest absolute Gasteiger partial charge is 0.506 e. The summed E-state index contributed by atoms with van der Waals surface area (Å²) in [6.07, 6.45) is -0.0743. The number of hydrogen-bond donors (Lipinski definition) is 7. The highest BCUT2D eigenvalue weighted by atomic mass is 32.2. The first-order chi connectivity index (χ1) is 23.3. The number of carbonyl (C=O) groups is 4. The van der Waals surface area contributed by atoms with E-state index in [1.165, 1.54) is 35.3 Å². The summed E-state index contributed by atoms with van der Waals surface area (Å²) in [4.78, 5) is 76.6. The molecule has 3 aromatic heterocycles. The van der Waals surface area contributed by atoms with Gasteiger partial charge in [-0.3, -0.25) is 19.3 Å². The minimum atomic E-state index is -1.83. The number of aromatic hydroxyl groups is 1. The lowest BCUT2D eigenvalue weighted by molar-refractivity contribution is -0.694. The number of fused-ring (bicyclic) bond motifs is 2. The maximum Gasteiger partial charge on any atom is 0.352 e. The Kier molecular flexibility index (Phi) is 8.69. The Hall–Kier alpha value is -5.95. The third-order valence-corrected chi connectivity index (χ3v) is 9.94. The van der Waals surface area contributed by atoms with E-state index in [0.717, 1.165) is 28.0 Å². The number of H-pyrrole nitrogens is 1. The van der Waals surface area contributed by atoms with Crippen LogP contribution >= 0.6 is 23.1 Å². The molecule has 2 amide bonds. The predicted octanol–water partition coefficient (Wildman–Crippen LogP) is 0.436. The zero-order valence-electron chi connectivity index (χ0n) is 25.3. The fourth-order valence-electron chi connectivity index (χ4n) is 5.47. The van der Waals surface area contributed by atoms with Gasteiger partial charge in [0.15, 0.2) is 23.6 Å². The van der Waals surface area contributed by atoms with E-state index in [-0.39, 0.29) is 51.0 Å². The zero-order chi connectivity index (χ0) is 35.1. The van der Waals surface area contributed by atoms with Crippen LogP contribution in [0.2, 0.25) is 0 Å². The van der Waals surface area contributed by atoms with Crippen LogP contribution in [-0.2, 0) is 30.6 Å². The second-order valence-corrected chi connectivity index (χ2v) is 12.9. The number of aromatic nitrogens is 3. The molecule has 3 atom stereocenters. The summed E-state index contributed by atoms with van der Waals surface area (Å²) in [5, 5.41) is 37.6. The molecule has 0 bridgehead atoms. The lowest BCUT2D eigenvalue weighted by Crippen LogP contribution is -2.71. The average molecular weight is 708 g/mol. The number of carboxylic acids is 2. The number of rotatable bonds is 10. The summed E-state index contributed by atoms with van der Waals surface area (Å²) in [6, 6.07) is 7.16. The number of thiazole rings is 1. The van der Waals surface area contributed by atoms with E-state index in [4.69, 9.17) is 16.3 Å². The van der Waals surface area contributed by atoms with Gasteiger partial charge in [0.05, 0.1) is 11.2 Å². The van der Waals surface area contributed by atoms with E-state index < -0.39 is 52.5 Å².